The highest BCUT2D eigenvalue weighted by molar-refractivity contribution is 5.92. The number of rotatable bonds is 6. The van der Waals surface area contributed by atoms with Gasteiger partial charge in [-0.3, -0.25) is 9.78 Å². The van der Waals surface area contributed by atoms with Crippen molar-refractivity contribution < 1.29 is 9.32 Å². The molecule has 3 heterocycles. The number of amides is 1. The average molecular weight is 428 g/mol. The van der Waals surface area contributed by atoms with Gasteiger partial charge in [0.2, 0.25) is 5.95 Å². The predicted molar refractivity (Wildman–Crippen MR) is 122 cm³/mol. The molecule has 3 aromatic heterocycles. The molecule has 8 nitrogen and oxygen atoms in total. The highest BCUT2D eigenvalue weighted by Crippen LogP contribution is 2.34. The average Bonchev–Trinajstić information content (AvgIpc) is 3.16. The second kappa shape index (κ2) is 8.97. The molecule has 0 saturated carbocycles. The van der Waals surface area contributed by atoms with Gasteiger partial charge in [0.25, 0.3) is 5.91 Å². The predicted octanol–water partition coefficient (Wildman–Crippen LogP) is 3.81. The van der Waals surface area contributed by atoms with Gasteiger partial charge >= 0.3 is 0 Å². The first-order valence-electron chi connectivity index (χ1n) is 10.2. The Morgan fingerprint density at radius 3 is 2.47 bits per heavy atom. The first-order valence-corrected chi connectivity index (χ1v) is 10.2. The van der Waals surface area contributed by atoms with E-state index in [0.29, 0.717) is 23.9 Å². The van der Waals surface area contributed by atoms with Crippen LogP contribution in [0.1, 0.15) is 27.3 Å². The molecule has 1 N–H and O–H groups in total. The smallest absolute Gasteiger partial charge is 0.270 e. The second-order valence-electron chi connectivity index (χ2n) is 7.64. The molecule has 0 unspecified atom stereocenters. The monoisotopic (exact) mass is 428 g/mol. The van der Waals surface area contributed by atoms with Gasteiger partial charge in [-0.05, 0) is 31.5 Å². The van der Waals surface area contributed by atoms with E-state index in [9.17, 15) is 4.79 Å². The molecule has 0 saturated heterocycles. The summed E-state index contributed by atoms with van der Waals surface area (Å²) < 4.78 is 5.58. The van der Waals surface area contributed by atoms with Gasteiger partial charge in [-0.1, -0.05) is 35.5 Å². The van der Waals surface area contributed by atoms with Gasteiger partial charge in [0.05, 0.1) is 17.0 Å². The first-order chi connectivity index (χ1) is 15.4. The number of nitrogens with zero attached hydrogens (tertiary/aromatic N) is 5. The van der Waals surface area contributed by atoms with Gasteiger partial charge < -0.3 is 14.7 Å². The number of hydrogen-bond donors (Lipinski definition) is 1. The van der Waals surface area contributed by atoms with Crippen LogP contribution in [0.3, 0.4) is 0 Å². The van der Waals surface area contributed by atoms with Gasteiger partial charge in [0, 0.05) is 44.2 Å². The lowest BCUT2D eigenvalue weighted by Crippen LogP contribution is -2.23. The molecule has 0 radical (unpaired) electrons. The van der Waals surface area contributed by atoms with E-state index in [4.69, 9.17) is 9.51 Å². The van der Waals surface area contributed by atoms with Crippen LogP contribution in [0.15, 0.2) is 59.4 Å². The van der Waals surface area contributed by atoms with Crippen LogP contribution in [0, 0.1) is 13.8 Å². The SMILES string of the molecule is Cc1noc(-c2cnc(N(C)C)nc2-c2ccc(CNC(=O)c3ccccn3)cc2)c1C. The minimum atomic E-state index is -0.209. The number of aromatic nitrogens is 4. The highest BCUT2D eigenvalue weighted by atomic mass is 16.5. The van der Waals surface area contributed by atoms with Crippen LogP contribution in [0.5, 0.6) is 0 Å². The van der Waals surface area contributed by atoms with Crippen molar-refractivity contribution in [3.63, 3.8) is 0 Å². The second-order valence-corrected chi connectivity index (χ2v) is 7.64. The van der Waals surface area contributed by atoms with E-state index < -0.39 is 0 Å². The van der Waals surface area contributed by atoms with Crippen molar-refractivity contribution in [3.8, 4) is 22.6 Å². The first kappa shape index (κ1) is 21.2. The van der Waals surface area contributed by atoms with Crippen molar-refractivity contribution in [1.29, 1.82) is 0 Å². The van der Waals surface area contributed by atoms with Crippen LogP contribution in [0.25, 0.3) is 22.6 Å². The van der Waals surface area contributed by atoms with Crippen LogP contribution < -0.4 is 10.2 Å². The summed E-state index contributed by atoms with van der Waals surface area (Å²) in [5.74, 6) is 1.05. The number of nitrogens with one attached hydrogen (secondary N) is 1. The van der Waals surface area contributed by atoms with E-state index in [-0.39, 0.29) is 5.91 Å². The summed E-state index contributed by atoms with van der Waals surface area (Å²) in [5, 5.41) is 6.97. The Hall–Kier alpha value is -4.07. The fourth-order valence-corrected chi connectivity index (χ4v) is 3.19. The molecule has 0 spiro atoms. The molecular weight excluding hydrogens is 404 g/mol. The third kappa shape index (κ3) is 4.34. The summed E-state index contributed by atoms with van der Waals surface area (Å²) in [5.41, 5.74) is 5.61. The number of pyridine rings is 1. The van der Waals surface area contributed by atoms with E-state index in [1.54, 1.807) is 30.6 Å². The molecule has 4 aromatic rings. The topological polar surface area (TPSA) is 97.0 Å². The van der Waals surface area contributed by atoms with Gasteiger partial charge in [0.15, 0.2) is 5.76 Å². The summed E-state index contributed by atoms with van der Waals surface area (Å²) in [4.78, 5) is 27.4. The summed E-state index contributed by atoms with van der Waals surface area (Å²) in [6.45, 7) is 4.28. The Kier molecular flexibility index (Phi) is 5.93. The molecule has 162 valence electrons. The van der Waals surface area contributed by atoms with E-state index in [2.05, 4.69) is 20.4 Å². The number of anilines is 1. The lowest BCUT2D eigenvalue weighted by atomic mass is 10.0. The van der Waals surface area contributed by atoms with Crippen molar-refractivity contribution in [2.45, 2.75) is 20.4 Å². The Balaban J connectivity index is 1.61. The molecule has 0 aliphatic heterocycles. The van der Waals surface area contributed by atoms with Crippen LogP contribution in [0.2, 0.25) is 0 Å². The van der Waals surface area contributed by atoms with Gasteiger partial charge in [0.1, 0.15) is 5.69 Å². The molecule has 1 amide bonds. The van der Waals surface area contributed by atoms with Crippen LogP contribution in [0.4, 0.5) is 5.95 Å². The summed E-state index contributed by atoms with van der Waals surface area (Å²) >= 11 is 0. The number of carbonyl (C=O) groups is 1. The molecule has 0 fully saturated rings. The minimum Gasteiger partial charge on any atom is -0.356 e. The molecule has 0 atom stereocenters. The maximum Gasteiger partial charge on any atom is 0.270 e. The third-order valence-corrected chi connectivity index (χ3v) is 5.16. The highest BCUT2D eigenvalue weighted by Gasteiger charge is 2.19. The van der Waals surface area contributed by atoms with Gasteiger partial charge in [-0.15, -0.1) is 0 Å². The molecular formula is C24H24N6O2. The van der Waals surface area contributed by atoms with Gasteiger partial charge in [-0.2, -0.15) is 0 Å². The fraction of sp³-hybridized carbons (Fsp3) is 0.208. The number of hydrogen-bond acceptors (Lipinski definition) is 7. The quantitative estimate of drug-likeness (QED) is 0.499. The molecule has 0 bridgehead atoms. The normalized spacial score (nSPS) is 10.8. The number of aryl methyl sites for hydroxylation is 1. The third-order valence-electron chi connectivity index (χ3n) is 5.16. The van der Waals surface area contributed by atoms with Crippen molar-refractivity contribution in [2.75, 3.05) is 19.0 Å². The molecule has 32 heavy (non-hydrogen) atoms. The van der Waals surface area contributed by atoms with Gasteiger partial charge in [-0.25, -0.2) is 9.97 Å². The van der Waals surface area contributed by atoms with Crippen molar-refractivity contribution in [1.82, 2.24) is 25.4 Å². The standard InChI is InChI=1S/C24H24N6O2/c1-15-16(2)29-32-22(15)19-14-27-24(30(3)4)28-21(19)18-10-8-17(9-11-18)13-26-23(31)20-7-5-6-12-25-20/h5-12,14H,13H2,1-4H3,(H,26,31). The molecule has 1 aromatic carbocycles. The molecule has 0 aliphatic carbocycles. The van der Waals surface area contributed by atoms with E-state index in [1.165, 1.54) is 0 Å². The number of benzene rings is 1. The summed E-state index contributed by atoms with van der Waals surface area (Å²) in [6.07, 6.45) is 3.37. The Morgan fingerprint density at radius 1 is 1.06 bits per heavy atom. The fourth-order valence-electron chi connectivity index (χ4n) is 3.19. The zero-order chi connectivity index (χ0) is 22.7. The molecule has 0 aliphatic rings. The van der Waals surface area contributed by atoms with Crippen LogP contribution >= 0.6 is 0 Å². The minimum absolute atomic E-state index is 0.209. The zero-order valence-electron chi connectivity index (χ0n) is 18.5. The van der Waals surface area contributed by atoms with Crippen LogP contribution in [-0.2, 0) is 6.54 Å². The summed E-state index contributed by atoms with van der Waals surface area (Å²) in [7, 11) is 3.80. The van der Waals surface area contributed by atoms with E-state index >= 15 is 0 Å². The van der Waals surface area contributed by atoms with Crippen molar-refractivity contribution >= 4 is 11.9 Å². The zero-order valence-corrected chi connectivity index (χ0v) is 18.5. The lowest BCUT2D eigenvalue weighted by Gasteiger charge is -2.14. The Labute approximate surface area is 186 Å². The molecule has 4 rings (SSSR count). The number of carbonyl (C=O) groups excluding carboxylic acids is 1. The van der Waals surface area contributed by atoms with E-state index in [0.717, 1.165) is 33.6 Å². The van der Waals surface area contributed by atoms with Crippen molar-refractivity contribution in [2.24, 2.45) is 0 Å². The van der Waals surface area contributed by atoms with Crippen molar-refractivity contribution in [3.05, 3.63) is 77.4 Å². The largest absolute Gasteiger partial charge is 0.356 e. The maximum atomic E-state index is 12.2. The summed E-state index contributed by atoms with van der Waals surface area (Å²) in [6, 6.07) is 13.1. The Morgan fingerprint density at radius 2 is 1.84 bits per heavy atom. The van der Waals surface area contributed by atoms with Crippen LogP contribution in [-0.4, -0.2) is 40.1 Å². The lowest BCUT2D eigenvalue weighted by molar-refractivity contribution is 0.0946. The molecule has 8 heteroatoms. The van der Waals surface area contributed by atoms with E-state index in [1.807, 2.05) is 57.1 Å². The maximum absolute atomic E-state index is 12.2. The Bertz CT molecular complexity index is 1230.